The van der Waals surface area contributed by atoms with Crippen LogP contribution in [-0.4, -0.2) is 4.43 Å². The summed E-state index contributed by atoms with van der Waals surface area (Å²) in [5.41, 5.74) is 1.44. The lowest BCUT2D eigenvalue weighted by Gasteiger charge is -1.83. The summed E-state index contributed by atoms with van der Waals surface area (Å²) in [5.74, 6) is 0. The summed E-state index contributed by atoms with van der Waals surface area (Å²) in [6.07, 6.45) is 4.28. The lowest BCUT2D eigenvalue weighted by molar-refractivity contribution is 1.77. The molecule has 0 heterocycles. The van der Waals surface area contributed by atoms with E-state index in [2.05, 4.69) is 57.3 Å². The first-order chi connectivity index (χ1) is 3.34. The first kappa shape index (κ1) is 6.07. The summed E-state index contributed by atoms with van der Waals surface area (Å²) in [7, 11) is 0. The summed E-state index contributed by atoms with van der Waals surface area (Å²) in [6.45, 7) is 0. The smallest absolute Gasteiger partial charge is 0.0311 e. The van der Waals surface area contributed by atoms with Gasteiger partial charge in [-0.25, -0.2) is 0 Å². The molecule has 0 atom stereocenters. The second-order valence-corrected chi connectivity index (χ2v) is 3.39. The van der Waals surface area contributed by atoms with Gasteiger partial charge in [-0.1, -0.05) is 34.7 Å². The number of alkyl halides is 1. The van der Waals surface area contributed by atoms with Crippen LogP contribution >= 0.6 is 45.2 Å². The van der Waals surface area contributed by atoms with Crippen LogP contribution in [0.2, 0.25) is 0 Å². The van der Waals surface area contributed by atoms with E-state index in [1.165, 1.54) is 9.15 Å². The average molecular weight is 318 g/mol. The van der Waals surface area contributed by atoms with Crippen LogP contribution < -0.4 is 0 Å². The lowest BCUT2D eigenvalue weighted by Crippen LogP contribution is -1.66. The Morgan fingerprint density at radius 2 is 2.14 bits per heavy atom. The van der Waals surface area contributed by atoms with Crippen molar-refractivity contribution in [1.82, 2.24) is 0 Å². The largest absolute Gasteiger partial charge is 0.0807 e. The Morgan fingerprint density at radius 1 is 1.57 bits per heavy atom. The van der Waals surface area contributed by atoms with Crippen molar-refractivity contribution < 1.29 is 0 Å². The standard InChI is InChI=1S/C5H4I2/c6-3-5(7)4-1-2-4/h1-2H,3H2. The van der Waals surface area contributed by atoms with Gasteiger partial charge in [0.25, 0.3) is 0 Å². The molecule has 0 radical (unpaired) electrons. The number of rotatable bonds is 1. The molecule has 7 heavy (non-hydrogen) atoms. The van der Waals surface area contributed by atoms with Gasteiger partial charge in [-0.3, -0.25) is 0 Å². The van der Waals surface area contributed by atoms with Gasteiger partial charge in [-0.2, -0.15) is 0 Å². The molecule has 0 bridgehead atoms. The fourth-order valence-electron chi connectivity index (χ4n) is 0.300. The van der Waals surface area contributed by atoms with E-state index in [4.69, 9.17) is 0 Å². The molecule has 1 rings (SSSR count). The van der Waals surface area contributed by atoms with E-state index in [-0.39, 0.29) is 0 Å². The third-order valence-corrected chi connectivity index (χ3v) is 3.99. The highest BCUT2D eigenvalue weighted by atomic mass is 127. The van der Waals surface area contributed by atoms with Crippen LogP contribution in [0.1, 0.15) is 0 Å². The molecule has 0 unspecified atom stereocenters. The lowest BCUT2D eigenvalue weighted by atomic mass is 10.5. The van der Waals surface area contributed by atoms with E-state index < -0.39 is 0 Å². The molecule has 0 saturated heterocycles. The minimum Gasteiger partial charge on any atom is -0.0807 e. The Morgan fingerprint density at radius 3 is 2.29 bits per heavy atom. The summed E-state index contributed by atoms with van der Waals surface area (Å²) in [6, 6.07) is 0. The molecule has 0 saturated carbocycles. The molecule has 1 aliphatic rings. The normalized spacial score (nSPS) is 14.9. The summed E-state index contributed by atoms with van der Waals surface area (Å²) in [5, 5.41) is 0. The number of allylic oxidation sites excluding steroid dienone is 4. The van der Waals surface area contributed by atoms with Crippen LogP contribution in [0.4, 0.5) is 0 Å². The fourth-order valence-corrected chi connectivity index (χ4v) is 1.10. The Hall–Kier alpha value is 0.940. The maximum Gasteiger partial charge on any atom is 0.0311 e. The molecule has 0 aromatic carbocycles. The highest BCUT2D eigenvalue weighted by Gasteiger charge is 2.02. The zero-order valence-electron chi connectivity index (χ0n) is 3.62. The number of hydrogen-bond acceptors (Lipinski definition) is 0. The van der Waals surface area contributed by atoms with Crippen LogP contribution in [0.5, 0.6) is 0 Å². The number of hydrogen-bond donors (Lipinski definition) is 0. The molecule has 0 aromatic rings. The molecule has 38 valence electrons. The molecular formula is C5H4I2. The summed E-state index contributed by atoms with van der Waals surface area (Å²) < 4.78 is 2.62. The van der Waals surface area contributed by atoms with Crippen LogP contribution in [-0.2, 0) is 0 Å². The molecule has 2 heteroatoms. The van der Waals surface area contributed by atoms with E-state index in [1.807, 2.05) is 0 Å². The Bertz CT molecular complexity index is 125. The Balaban J connectivity index is 2.52. The van der Waals surface area contributed by atoms with Crippen molar-refractivity contribution in [1.29, 1.82) is 0 Å². The van der Waals surface area contributed by atoms with Gasteiger partial charge in [0, 0.05) is 8.01 Å². The van der Waals surface area contributed by atoms with E-state index in [1.54, 1.807) is 0 Å². The van der Waals surface area contributed by atoms with Gasteiger partial charge >= 0.3 is 0 Å². The summed E-state index contributed by atoms with van der Waals surface area (Å²) in [4.78, 5) is 0. The quantitative estimate of drug-likeness (QED) is 0.515. The molecular weight excluding hydrogens is 314 g/mol. The van der Waals surface area contributed by atoms with E-state index >= 15 is 0 Å². The molecule has 0 N–H and O–H groups in total. The van der Waals surface area contributed by atoms with Crippen molar-refractivity contribution in [3.05, 3.63) is 21.3 Å². The third kappa shape index (κ3) is 1.71. The molecule has 0 aromatic heterocycles. The first-order valence-corrected chi connectivity index (χ1v) is 4.57. The van der Waals surface area contributed by atoms with Gasteiger partial charge in [0.05, 0.1) is 0 Å². The first-order valence-electron chi connectivity index (χ1n) is 1.97. The zero-order chi connectivity index (χ0) is 5.28. The SMILES string of the molecule is ICC(I)=C1C=C1. The predicted octanol–water partition coefficient (Wildman–Crippen LogP) is 2.68. The van der Waals surface area contributed by atoms with Crippen LogP contribution in [0.15, 0.2) is 21.3 Å². The molecule has 0 spiro atoms. The van der Waals surface area contributed by atoms with Crippen LogP contribution in [0.3, 0.4) is 0 Å². The topological polar surface area (TPSA) is 0 Å². The van der Waals surface area contributed by atoms with Crippen LogP contribution in [0.25, 0.3) is 0 Å². The van der Waals surface area contributed by atoms with E-state index in [0.717, 1.165) is 4.43 Å². The fraction of sp³-hybridized carbons (Fsp3) is 0.200. The van der Waals surface area contributed by atoms with Gasteiger partial charge in [-0.15, -0.1) is 0 Å². The van der Waals surface area contributed by atoms with Crippen molar-refractivity contribution in [2.45, 2.75) is 0 Å². The highest BCUT2D eigenvalue weighted by Crippen LogP contribution is 2.25. The second-order valence-electron chi connectivity index (χ2n) is 1.33. The highest BCUT2D eigenvalue weighted by molar-refractivity contribution is 14.1. The van der Waals surface area contributed by atoms with Crippen molar-refractivity contribution in [3.8, 4) is 0 Å². The van der Waals surface area contributed by atoms with Crippen molar-refractivity contribution >= 4 is 45.2 Å². The van der Waals surface area contributed by atoms with Gasteiger partial charge < -0.3 is 0 Å². The Labute approximate surface area is 70.3 Å². The van der Waals surface area contributed by atoms with Crippen LogP contribution in [0, 0.1) is 0 Å². The predicted molar refractivity (Wildman–Crippen MR) is 49.1 cm³/mol. The second kappa shape index (κ2) is 2.48. The minimum absolute atomic E-state index is 1.15. The van der Waals surface area contributed by atoms with Gasteiger partial charge in [0.2, 0.25) is 0 Å². The average Bonchev–Trinajstić information content (AvgIpc) is 2.44. The Kier molecular flexibility index (Phi) is 2.15. The van der Waals surface area contributed by atoms with Gasteiger partial charge in [-0.05, 0) is 28.2 Å². The van der Waals surface area contributed by atoms with Gasteiger partial charge in [0.1, 0.15) is 0 Å². The maximum atomic E-state index is 2.37. The molecule has 1 aliphatic carbocycles. The maximum absolute atomic E-state index is 2.37. The molecule has 0 amide bonds. The summed E-state index contributed by atoms with van der Waals surface area (Å²) >= 11 is 4.73. The van der Waals surface area contributed by atoms with E-state index in [9.17, 15) is 0 Å². The van der Waals surface area contributed by atoms with Crippen molar-refractivity contribution in [2.24, 2.45) is 0 Å². The minimum atomic E-state index is 1.15. The molecule has 0 fully saturated rings. The van der Waals surface area contributed by atoms with Gasteiger partial charge in [0.15, 0.2) is 0 Å². The van der Waals surface area contributed by atoms with Crippen molar-refractivity contribution in [3.63, 3.8) is 0 Å². The molecule has 0 nitrogen and oxygen atoms in total. The van der Waals surface area contributed by atoms with Crippen molar-refractivity contribution in [2.75, 3.05) is 4.43 Å². The third-order valence-electron chi connectivity index (χ3n) is 0.764. The monoisotopic (exact) mass is 318 g/mol. The zero-order valence-corrected chi connectivity index (χ0v) is 7.93. The van der Waals surface area contributed by atoms with E-state index in [0.29, 0.717) is 0 Å². The molecule has 0 aliphatic heterocycles. The number of halogens is 2.